The fourth-order valence-electron chi connectivity index (χ4n) is 5.60. The molecular formula is C32H27N7O. The van der Waals surface area contributed by atoms with Gasteiger partial charge in [0, 0.05) is 29.8 Å². The SMILES string of the molecule is N#Cc1cccn2c(-c3ccccc3)c(-c3ccc(CN4CCC(c5nnc(-c6ccco6)[nH]5)CC4)cc3)nc12. The summed E-state index contributed by atoms with van der Waals surface area (Å²) in [5.41, 5.74) is 6.47. The highest BCUT2D eigenvalue weighted by Crippen LogP contribution is 2.34. The molecule has 5 heterocycles. The second-order valence-corrected chi connectivity index (χ2v) is 10.2. The summed E-state index contributed by atoms with van der Waals surface area (Å²) in [6, 6.07) is 28.6. The number of nitriles is 1. The summed E-state index contributed by atoms with van der Waals surface area (Å²) in [6.45, 7) is 2.91. The van der Waals surface area contributed by atoms with Crippen molar-refractivity contribution in [2.75, 3.05) is 13.1 Å². The molecule has 0 saturated carbocycles. The van der Waals surface area contributed by atoms with Gasteiger partial charge in [0.1, 0.15) is 11.9 Å². The predicted octanol–water partition coefficient (Wildman–Crippen LogP) is 6.30. The Labute approximate surface area is 231 Å². The van der Waals surface area contributed by atoms with Gasteiger partial charge < -0.3 is 9.40 Å². The van der Waals surface area contributed by atoms with Crippen molar-refractivity contribution in [1.29, 1.82) is 5.26 Å². The van der Waals surface area contributed by atoms with Crippen LogP contribution in [0.2, 0.25) is 0 Å². The summed E-state index contributed by atoms with van der Waals surface area (Å²) < 4.78 is 7.46. The fraction of sp³-hybridized carbons (Fsp3) is 0.188. The van der Waals surface area contributed by atoms with Crippen LogP contribution in [-0.4, -0.2) is 42.6 Å². The molecule has 40 heavy (non-hydrogen) atoms. The van der Waals surface area contributed by atoms with Crippen LogP contribution < -0.4 is 0 Å². The lowest BCUT2D eigenvalue weighted by Gasteiger charge is -2.30. The lowest BCUT2D eigenvalue weighted by Crippen LogP contribution is -2.32. The van der Waals surface area contributed by atoms with E-state index in [2.05, 4.69) is 62.5 Å². The molecule has 8 heteroatoms. The van der Waals surface area contributed by atoms with Crippen molar-refractivity contribution in [3.8, 4) is 40.2 Å². The van der Waals surface area contributed by atoms with Crippen molar-refractivity contribution in [2.45, 2.75) is 25.3 Å². The fourth-order valence-corrected chi connectivity index (χ4v) is 5.60. The first-order valence-electron chi connectivity index (χ1n) is 13.5. The first kappa shape index (κ1) is 24.1. The van der Waals surface area contributed by atoms with Gasteiger partial charge in [0.2, 0.25) is 0 Å². The number of piperidine rings is 1. The average molecular weight is 526 g/mol. The van der Waals surface area contributed by atoms with Gasteiger partial charge >= 0.3 is 0 Å². The minimum Gasteiger partial charge on any atom is -0.461 e. The maximum absolute atomic E-state index is 9.67. The molecule has 1 aliphatic heterocycles. The molecule has 4 aromatic heterocycles. The molecule has 2 aromatic carbocycles. The molecule has 1 fully saturated rings. The lowest BCUT2D eigenvalue weighted by atomic mass is 9.95. The van der Waals surface area contributed by atoms with E-state index in [1.807, 2.05) is 53.1 Å². The number of hydrogen-bond donors (Lipinski definition) is 1. The predicted molar refractivity (Wildman–Crippen MR) is 152 cm³/mol. The monoisotopic (exact) mass is 525 g/mol. The number of aromatic nitrogens is 5. The van der Waals surface area contributed by atoms with E-state index in [0.717, 1.165) is 60.8 Å². The van der Waals surface area contributed by atoms with E-state index in [-0.39, 0.29) is 0 Å². The van der Waals surface area contributed by atoms with Gasteiger partial charge in [-0.2, -0.15) is 5.26 Å². The molecule has 0 spiro atoms. The van der Waals surface area contributed by atoms with E-state index in [9.17, 15) is 5.26 Å². The van der Waals surface area contributed by atoms with Crippen LogP contribution in [0.25, 0.3) is 39.7 Å². The van der Waals surface area contributed by atoms with E-state index < -0.39 is 0 Å². The number of furan rings is 1. The van der Waals surface area contributed by atoms with E-state index in [4.69, 9.17) is 9.40 Å². The molecule has 0 unspecified atom stereocenters. The number of pyridine rings is 1. The Balaban J connectivity index is 1.08. The van der Waals surface area contributed by atoms with Crippen LogP contribution in [0.3, 0.4) is 0 Å². The molecule has 0 bridgehead atoms. The second kappa shape index (κ2) is 10.3. The number of H-pyrrole nitrogens is 1. The zero-order valence-corrected chi connectivity index (χ0v) is 21.9. The number of likely N-dealkylation sites (tertiary alicyclic amines) is 1. The van der Waals surface area contributed by atoms with Crippen molar-refractivity contribution in [3.05, 3.63) is 108 Å². The third-order valence-electron chi connectivity index (χ3n) is 7.68. The normalized spacial score (nSPS) is 14.5. The quantitative estimate of drug-likeness (QED) is 0.274. The number of aromatic amines is 1. The van der Waals surface area contributed by atoms with Gasteiger partial charge in [-0.15, -0.1) is 10.2 Å². The first-order chi connectivity index (χ1) is 19.8. The van der Waals surface area contributed by atoms with E-state index in [1.165, 1.54) is 5.56 Å². The summed E-state index contributed by atoms with van der Waals surface area (Å²) in [5.74, 6) is 2.72. The van der Waals surface area contributed by atoms with Crippen molar-refractivity contribution < 1.29 is 4.42 Å². The van der Waals surface area contributed by atoms with Gasteiger partial charge in [-0.25, -0.2) is 4.98 Å². The van der Waals surface area contributed by atoms with Gasteiger partial charge in [0.25, 0.3) is 0 Å². The van der Waals surface area contributed by atoms with Crippen molar-refractivity contribution >= 4 is 5.65 Å². The van der Waals surface area contributed by atoms with E-state index >= 15 is 0 Å². The molecule has 196 valence electrons. The highest BCUT2D eigenvalue weighted by molar-refractivity contribution is 5.83. The van der Waals surface area contributed by atoms with Crippen LogP contribution >= 0.6 is 0 Å². The Morgan fingerprint density at radius 3 is 2.48 bits per heavy atom. The minimum absolute atomic E-state index is 0.375. The smallest absolute Gasteiger partial charge is 0.197 e. The zero-order chi connectivity index (χ0) is 26.9. The van der Waals surface area contributed by atoms with Crippen LogP contribution in [0, 0.1) is 11.3 Å². The summed E-state index contributed by atoms with van der Waals surface area (Å²) in [4.78, 5) is 10.8. The number of fused-ring (bicyclic) bond motifs is 1. The number of hydrogen-bond acceptors (Lipinski definition) is 6. The summed E-state index contributed by atoms with van der Waals surface area (Å²) >= 11 is 0. The average Bonchev–Trinajstić information content (AvgIpc) is 3.78. The number of nitrogens with zero attached hydrogens (tertiary/aromatic N) is 6. The number of imidazole rings is 1. The van der Waals surface area contributed by atoms with Gasteiger partial charge in [0.15, 0.2) is 17.2 Å². The van der Waals surface area contributed by atoms with E-state index in [1.54, 1.807) is 6.26 Å². The molecule has 1 aliphatic rings. The third-order valence-corrected chi connectivity index (χ3v) is 7.68. The molecule has 1 N–H and O–H groups in total. The minimum atomic E-state index is 0.375. The molecule has 0 aliphatic carbocycles. The lowest BCUT2D eigenvalue weighted by molar-refractivity contribution is 0.202. The van der Waals surface area contributed by atoms with Crippen LogP contribution in [0.4, 0.5) is 0 Å². The number of benzene rings is 2. The Hall–Kier alpha value is -5.00. The summed E-state index contributed by atoms with van der Waals surface area (Å²) in [5, 5.41) is 18.3. The highest BCUT2D eigenvalue weighted by atomic mass is 16.3. The summed E-state index contributed by atoms with van der Waals surface area (Å²) in [6.07, 6.45) is 5.69. The van der Waals surface area contributed by atoms with Crippen molar-refractivity contribution in [2.24, 2.45) is 0 Å². The van der Waals surface area contributed by atoms with Crippen molar-refractivity contribution in [1.82, 2.24) is 29.5 Å². The molecule has 0 amide bonds. The molecule has 0 atom stereocenters. The molecule has 0 radical (unpaired) electrons. The first-order valence-corrected chi connectivity index (χ1v) is 13.5. The molecule has 7 rings (SSSR count). The number of nitrogens with one attached hydrogen (secondary N) is 1. The largest absolute Gasteiger partial charge is 0.461 e. The van der Waals surface area contributed by atoms with Gasteiger partial charge in [-0.1, -0.05) is 54.6 Å². The molecule has 1 saturated heterocycles. The van der Waals surface area contributed by atoms with Crippen LogP contribution in [0.15, 0.2) is 95.7 Å². The summed E-state index contributed by atoms with van der Waals surface area (Å²) in [7, 11) is 0. The van der Waals surface area contributed by atoms with Gasteiger partial charge in [-0.05, 0) is 55.8 Å². The van der Waals surface area contributed by atoms with Gasteiger partial charge in [0.05, 0.1) is 23.2 Å². The Kier molecular flexibility index (Phi) is 6.19. The molecule has 8 nitrogen and oxygen atoms in total. The van der Waals surface area contributed by atoms with Crippen molar-refractivity contribution in [3.63, 3.8) is 0 Å². The molecular weight excluding hydrogens is 498 g/mol. The topological polar surface area (TPSA) is 99.0 Å². The Morgan fingerprint density at radius 1 is 0.900 bits per heavy atom. The third kappa shape index (κ3) is 4.46. The van der Waals surface area contributed by atoms with E-state index in [0.29, 0.717) is 28.7 Å². The zero-order valence-electron chi connectivity index (χ0n) is 21.9. The maximum Gasteiger partial charge on any atom is 0.197 e. The Morgan fingerprint density at radius 2 is 1.73 bits per heavy atom. The Bertz CT molecular complexity index is 1790. The van der Waals surface area contributed by atoms with Gasteiger partial charge in [-0.3, -0.25) is 9.30 Å². The highest BCUT2D eigenvalue weighted by Gasteiger charge is 2.24. The number of rotatable bonds is 6. The standard InChI is InChI=1S/C32H27N7O/c33-20-26-8-4-16-39-29(24-6-2-1-3-7-24)28(34-32(26)39)23-12-10-22(11-13-23)21-38-17-14-25(15-18-38)30-35-31(37-36-30)27-9-5-19-40-27/h1-13,16,19,25H,14-15,17-18,21H2,(H,35,36,37). The van der Waals surface area contributed by atoms with Crippen LogP contribution in [0.5, 0.6) is 0 Å². The second-order valence-electron chi connectivity index (χ2n) is 10.2. The van der Waals surface area contributed by atoms with Crippen LogP contribution in [-0.2, 0) is 6.54 Å². The maximum atomic E-state index is 9.67. The molecule has 6 aromatic rings. The van der Waals surface area contributed by atoms with Crippen LogP contribution in [0.1, 0.15) is 35.7 Å².